The monoisotopic (exact) mass is 1140 g/mol. The average molecular weight is 1140 g/mol. The topological polar surface area (TPSA) is 78.9 Å². The standard InChI is InChI=1S/C75H142O6/c1-4-7-10-13-16-19-22-24-26-28-30-32-33-34-35-36-37-38-39-40-41-43-44-46-48-50-53-56-59-62-65-68-74(77)80-71-72(70-79-73(76)67-64-61-58-55-52-21-18-15-12-9-6-3)81-75(78)69-66-63-60-57-54-51-49-47-45-42-31-29-27-25-23-20-17-14-11-8-5-2/h23,25,29,31,72H,4-22,24,26-28,30,32-71H2,1-3H3/b25-23-,31-29-. The maximum Gasteiger partial charge on any atom is 0.306 e. The van der Waals surface area contributed by atoms with Crippen molar-refractivity contribution in [3.05, 3.63) is 24.3 Å². The van der Waals surface area contributed by atoms with Gasteiger partial charge in [-0.2, -0.15) is 0 Å². The molecule has 0 saturated carbocycles. The Kier molecular flexibility index (Phi) is 68.5. The summed E-state index contributed by atoms with van der Waals surface area (Å²) in [6.07, 6.45) is 86.6. The van der Waals surface area contributed by atoms with Gasteiger partial charge in [0.05, 0.1) is 0 Å². The molecule has 0 aromatic heterocycles. The number of allylic oxidation sites excluding steroid dienone is 4. The number of hydrogen-bond acceptors (Lipinski definition) is 6. The van der Waals surface area contributed by atoms with E-state index in [1.807, 2.05) is 0 Å². The fourth-order valence-corrected chi connectivity index (χ4v) is 11.4. The number of ether oxygens (including phenoxy) is 3. The first kappa shape index (κ1) is 78.9. The third-order valence-corrected chi connectivity index (χ3v) is 17.0. The molecule has 0 rings (SSSR count). The van der Waals surface area contributed by atoms with Gasteiger partial charge in [0.2, 0.25) is 0 Å². The number of esters is 3. The number of rotatable bonds is 69. The molecule has 0 aliphatic rings. The van der Waals surface area contributed by atoms with E-state index in [9.17, 15) is 14.4 Å². The lowest BCUT2D eigenvalue weighted by Crippen LogP contribution is -2.30. The molecular formula is C75H142O6. The first-order valence-corrected chi connectivity index (χ1v) is 36.8. The van der Waals surface area contributed by atoms with Crippen LogP contribution >= 0.6 is 0 Å². The van der Waals surface area contributed by atoms with Crippen molar-refractivity contribution in [3.63, 3.8) is 0 Å². The van der Waals surface area contributed by atoms with Crippen LogP contribution in [0, 0.1) is 0 Å². The van der Waals surface area contributed by atoms with Gasteiger partial charge in [-0.15, -0.1) is 0 Å². The second-order valence-corrected chi connectivity index (χ2v) is 25.2. The van der Waals surface area contributed by atoms with Crippen LogP contribution in [0.5, 0.6) is 0 Å². The number of unbranched alkanes of at least 4 members (excludes halogenated alkanes) is 54. The minimum Gasteiger partial charge on any atom is -0.462 e. The molecule has 0 bridgehead atoms. The van der Waals surface area contributed by atoms with E-state index >= 15 is 0 Å². The molecule has 0 aromatic carbocycles. The summed E-state index contributed by atoms with van der Waals surface area (Å²) in [6.45, 7) is 6.70. The maximum atomic E-state index is 12.9. The zero-order chi connectivity index (χ0) is 58.5. The predicted octanol–water partition coefficient (Wildman–Crippen LogP) is 25.3. The highest BCUT2D eigenvalue weighted by molar-refractivity contribution is 5.71. The van der Waals surface area contributed by atoms with Crippen LogP contribution in [-0.4, -0.2) is 37.2 Å². The van der Waals surface area contributed by atoms with Gasteiger partial charge < -0.3 is 14.2 Å². The van der Waals surface area contributed by atoms with Gasteiger partial charge in [-0.3, -0.25) is 14.4 Å². The van der Waals surface area contributed by atoms with Crippen LogP contribution in [0.2, 0.25) is 0 Å². The average Bonchev–Trinajstić information content (AvgIpc) is 3.47. The number of carbonyl (C=O) groups is 3. The molecule has 0 fully saturated rings. The zero-order valence-electron chi connectivity index (χ0n) is 55.1. The summed E-state index contributed by atoms with van der Waals surface area (Å²) in [7, 11) is 0. The summed E-state index contributed by atoms with van der Waals surface area (Å²) in [4.78, 5) is 38.4. The molecule has 1 unspecified atom stereocenters. The highest BCUT2D eigenvalue weighted by atomic mass is 16.6. The second kappa shape index (κ2) is 70.4. The Morgan fingerprint density at radius 1 is 0.247 bits per heavy atom. The van der Waals surface area contributed by atoms with E-state index in [-0.39, 0.29) is 31.1 Å². The van der Waals surface area contributed by atoms with Crippen LogP contribution in [0.25, 0.3) is 0 Å². The SMILES string of the molecule is CCCCCCC/C=C\C/C=C\CCCCCCCCCCCC(=O)OC(COC(=O)CCCCCCCCCCCCC)COC(=O)CCCCCCCCCCCCCCCCCCCCCCCCCCCCCCCCC. The summed E-state index contributed by atoms with van der Waals surface area (Å²) in [6, 6.07) is 0. The smallest absolute Gasteiger partial charge is 0.306 e. The molecule has 478 valence electrons. The molecule has 0 aliphatic carbocycles. The maximum absolute atomic E-state index is 12.9. The van der Waals surface area contributed by atoms with Crippen molar-refractivity contribution in [1.29, 1.82) is 0 Å². The van der Waals surface area contributed by atoms with Gasteiger partial charge in [-0.25, -0.2) is 0 Å². The zero-order valence-corrected chi connectivity index (χ0v) is 55.1. The van der Waals surface area contributed by atoms with Crippen LogP contribution in [0.3, 0.4) is 0 Å². The van der Waals surface area contributed by atoms with Crippen molar-refractivity contribution in [2.45, 2.75) is 425 Å². The minimum atomic E-state index is -0.770. The van der Waals surface area contributed by atoms with Gasteiger partial charge in [-0.1, -0.05) is 373 Å². The Balaban J connectivity index is 4.10. The predicted molar refractivity (Wildman–Crippen MR) is 353 cm³/mol. The van der Waals surface area contributed by atoms with E-state index in [1.54, 1.807) is 0 Å². The van der Waals surface area contributed by atoms with Gasteiger partial charge in [0.25, 0.3) is 0 Å². The summed E-state index contributed by atoms with van der Waals surface area (Å²) in [5, 5.41) is 0. The molecule has 6 nitrogen and oxygen atoms in total. The summed E-state index contributed by atoms with van der Waals surface area (Å²) < 4.78 is 17.0. The van der Waals surface area contributed by atoms with Crippen molar-refractivity contribution in [3.8, 4) is 0 Å². The quantitative estimate of drug-likeness (QED) is 0.0261. The van der Waals surface area contributed by atoms with Crippen molar-refractivity contribution < 1.29 is 28.6 Å². The van der Waals surface area contributed by atoms with Gasteiger partial charge in [-0.05, 0) is 51.4 Å². The van der Waals surface area contributed by atoms with Crippen molar-refractivity contribution in [2.24, 2.45) is 0 Å². The van der Waals surface area contributed by atoms with E-state index in [1.165, 1.54) is 315 Å². The fraction of sp³-hybridized carbons (Fsp3) is 0.907. The molecule has 0 heterocycles. The van der Waals surface area contributed by atoms with Crippen LogP contribution in [0.15, 0.2) is 24.3 Å². The molecular weight excluding hydrogens is 997 g/mol. The number of hydrogen-bond donors (Lipinski definition) is 0. The lowest BCUT2D eigenvalue weighted by Gasteiger charge is -2.18. The first-order chi connectivity index (χ1) is 40.0. The van der Waals surface area contributed by atoms with Crippen LogP contribution in [0.4, 0.5) is 0 Å². The van der Waals surface area contributed by atoms with Crippen LogP contribution < -0.4 is 0 Å². The Labute approximate surface area is 506 Å². The van der Waals surface area contributed by atoms with Gasteiger partial charge in [0.15, 0.2) is 6.10 Å². The van der Waals surface area contributed by atoms with Gasteiger partial charge >= 0.3 is 17.9 Å². The Bertz CT molecular complexity index is 1310. The summed E-state index contributed by atoms with van der Waals surface area (Å²) in [5.41, 5.74) is 0. The van der Waals surface area contributed by atoms with Gasteiger partial charge in [0, 0.05) is 19.3 Å². The summed E-state index contributed by atoms with van der Waals surface area (Å²) in [5.74, 6) is -0.840. The highest BCUT2D eigenvalue weighted by Crippen LogP contribution is 2.19. The first-order valence-electron chi connectivity index (χ1n) is 36.8. The van der Waals surface area contributed by atoms with Crippen LogP contribution in [0.1, 0.15) is 419 Å². The summed E-state index contributed by atoms with van der Waals surface area (Å²) >= 11 is 0. The molecule has 0 amide bonds. The Morgan fingerprint density at radius 2 is 0.444 bits per heavy atom. The van der Waals surface area contributed by atoms with Crippen LogP contribution in [-0.2, 0) is 28.6 Å². The molecule has 0 spiro atoms. The van der Waals surface area contributed by atoms with E-state index in [0.717, 1.165) is 64.2 Å². The van der Waals surface area contributed by atoms with E-state index in [2.05, 4.69) is 45.1 Å². The second-order valence-electron chi connectivity index (χ2n) is 25.2. The normalized spacial score (nSPS) is 12.1. The molecule has 1 atom stereocenters. The lowest BCUT2D eigenvalue weighted by atomic mass is 10.0. The third kappa shape index (κ3) is 68.6. The molecule has 6 heteroatoms. The number of carbonyl (C=O) groups excluding carboxylic acids is 3. The molecule has 0 saturated heterocycles. The lowest BCUT2D eigenvalue weighted by molar-refractivity contribution is -0.167. The van der Waals surface area contributed by atoms with Crippen molar-refractivity contribution in [1.82, 2.24) is 0 Å². The highest BCUT2D eigenvalue weighted by Gasteiger charge is 2.20. The molecule has 0 radical (unpaired) electrons. The molecule has 81 heavy (non-hydrogen) atoms. The van der Waals surface area contributed by atoms with Gasteiger partial charge in [0.1, 0.15) is 13.2 Å². The molecule has 0 aromatic rings. The van der Waals surface area contributed by atoms with E-state index in [0.29, 0.717) is 19.3 Å². The Hall–Kier alpha value is -2.11. The molecule has 0 aliphatic heterocycles. The van der Waals surface area contributed by atoms with E-state index in [4.69, 9.17) is 14.2 Å². The Morgan fingerprint density at radius 3 is 0.679 bits per heavy atom. The minimum absolute atomic E-state index is 0.0666. The largest absolute Gasteiger partial charge is 0.462 e. The third-order valence-electron chi connectivity index (χ3n) is 17.0. The molecule has 0 N–H and O–H groups in total. The fourth-order valence-electron chi connectivity index (χ4n) is 11.4. The van der Waals surface area contributed by atoms with E-state index < -0.39 is 6.10 Å². The van der Waals surface area contributed by atoms with Crippen molar-refractivity contribution in [2.75, 3.05) is 13.2 Å². The van der Waals surface area contributed by atoms with Crippen molar-refractivity contribution >= 4 is 17.9 Å².